The molecular formula is C16H14FNO2. The Morgan fingerprint density at radius 3 is 2.45 bits per heavy atom. The first-order chi connectivity index (χ1) is 9.54. The summed E-state index contributed by atoms with van der Waals surface area (Å²) < 4.78 is 12.8. The summed E-state index contributed by atoms with van der Waals surface area (Å²) in [5.74, 6) is -0.597. The molecule has 0 aliphatic heterocycles. The van der Waals surface area contributed by atoms with Crippen molar-refractivity contribution in [1.29, 1.82) is 0 Å². The first kappa shape index (κ1) is 13.9. The Morgan fingerprint density at radius 2 is 1.80 bits per heavy atom. The Labute approximate surface area is 116 Å². The van der Waals surface area contributed by atoms with Crippen LogP contribution in [-0.2, 0) is 11.2 Å². The third-order valence-electron chi connectivity index (χ3n) is 2.83. The van der Waals surface area contributed by atoms with Gasteiger partial charge in [-0.15, -0.1) is 0 Å². The standard InChI is InChI=1S/C16H14FNO2/c1-11(19)13-3-2-4-15(10-13)18-16(20)9-12-5-7-14(17)8-6-12/h2-8,10H,9H2,1H3,(H,18,20). The summed E-state index contributed by atoms with van der Waals surface area (Å²) in [6.45, 7) is 1.47. The van der Waals surface area contributed by atoms with Gasteiger partial charge >= 0.3 is 0 Å². The highest BCUT2D eigenvalue weighted by atomic mass is 19.1. The predicted molar refractivity (Wildman–Crippen MR) is 75.2 cm³/mol. The van der Waals surface area contributed by atoms with Crippen molar-refractivity contribution < 1.29 is 14.0 Å². The second kappa shape index (κ2) is 6.10. The minimum atomic E-state index is -0.330. The van der Waals surface area contributed by atoms with Crippen LogP contribution in [0.15, 0.2) is 48.5 Å². The maximum absolute atomic E-state index is 12.8. The van der Waals surface area contributed by atoms with Gasteiger partial charge in [-0.1, -0.05) is 24.3 Å². The number of carbonyl (C=O) groups excluding carboxylic acids is 2. The van der Waals surface area contributed by atoms with Crippen LogP contribution in [0, 0.1) is 5.82 Å². The molecule has 0 atom stereocenters. The Hall–Kier alpha value is -2.49. The molecule has 1 amide bonds. The molecule has 20 heavy (non-hydrogen) atoms. The van der Waals surface area contributed by atoms with Crippen LogP contribution < -0.4 is 5.32 Å². The number of amides is 1. The highest BCUT2D eigenvalue weighted by molar-refractivity contribution is 5.97. The van der Waals surface area contributed by atoms with Crippen molar-refractivity contribution in [2.75, 3.05) is 5.32 Å². The highest BCUT2D eigenvalue weighted by Gasteiger charge is 2.06. The third kappa shape index (κ3) is 3.75. The van der Waals surface area contributed by atoms with Crippen LogP contribution in [0.5, 0.6) is 0 Å². The van der Waals surface area contributed by atoms with E-state index in [-0.39, 0.29) is 23.9 Å². The zero-order valence-electron chi connectivity index (χ0n) is 11.0. The molecule has 3 nitrogen and oxygen atoms in total. The van der Waals surface area contributed by atoms with Crippen molar-refractivity contribution in [3.63, 3.8) is 0 Å². The van der Waals surface area contributed by atoms with Gasteiger partial charge in [0.05, 0.1) is 6.42 Å². The number of halogens is 1. The Morgan fingerprint density at radius 1 is 1.10 bits per heavy atom. The van der Waals surface area contributed by atoms with E-state index in [1.807, 2.05) is 0 Å². The molecule has 102 valence electrons. The fraction of sp³-hybridized carbons (Fsp3) is 0.125. The van der Waals surface area contributed by atoms with Crippen molar-refractivity contribution in [3.8, 4) is 0 Å². The highest BCUT2D eigenvalue weighted by Crippen LogP contribution is 2.12. The summed E-state index contributed by atoms with van der Waals surface area (Å²) in [7, 11) is 0. The van der Waals surface area contributed by atoms with E-state index in [0.717, 1.165) is 5.56 Å². The molecule has 1 N–H and O–H groups in total. The summed E-state index contributed by atoms with van der Waals surface area (Å²) in [4.78, 5) is 23.1. The number of benzene rings is 2. The topological polar surface area (TPSA) is 46.2 Å². The van der Waals surface area contributed by atoms with Gasteiger partial charge in [0.2, 0.25) is 5.91 Å². The van der Waals surface area contributed by atoms with Crippen LogP contribution >= 0.6 is 0 Å². The van der Waals surface area contributed by atoms with Gasteiger partial charge in [0.1, 0.15) is 5.82 Å². The molecule has 0 radical (unpaired) electrons. The first-order valence-corrected chi connectivity index (χ1v) is 6.20. The van der Waals surface area contributed by atoms with Gasteiger partial charge in [-0.2, -0.15) is 0 Å². The summed E-state index contributed by atoms with van der Waals surface area (Å²) in [5.41, 5.74) is 1.85. The van der Waals surface area contributed by atoms with E-state index in [0.29, 0.717) is 11.3 Å². The maximum atomic E-state index is 12.8. The monoisotopic (exact) mass is 271 g/mol. The van der Waals surface area contributed by atoms with Crippen LogP contribution in [0.2, 0.25) is 0 Å². The second-order valence-electron chi connectivity index (χ2n) is 4.49. The summed E-state index contributed by atoms with van der Waals surface area (Å²) >= 11 is 0. The molecule has 2 rings (SSSR count). The summed E-state index contributed by atoms with van der Waals surface area (Å²) in [6.07, 6.45) is 0.157. The van der Waals surface area contributed by atoms with Gasteiger partial charge < -0.3 is 5.32 Å². The number of Topliss-reactive ketones (excluding diaryl/α,β-unsaturated/α-hetero) is 1. The van der Waals surface area contributed by atoms with Crippen LogP contribution in [0.4, 0.5) is 10.1 Å². The second-order valence-corrected chi connectivity index (χ2v) is 4.49. The first-order valence-electron chi connectivity index (χ1n) is 6.20. The number of carbonyl (C=O) groups is 2. The lowest BCUT2D eigenvalue weighted by Crippen LogP contribution is -2.14. The number of anilines is 1. The molecule has 0 saturated heterocycles. The summed E-state index contributed by atoms with van der Waals surface area (Å²) in [6, 6.07) is 12.5. The van der Waals surface area contributed by atoms with Gasteiger partial charge in [-0.25, -0.2) is 4.39 Å². The SMILES string of the molecule is CC(=O)c1cccc(NC(=O)Cc2ccc(F)cc2)c1. The predicted octanol–water partition coefficient (Wildman–Crippen LogP) is 3.21. The minimum Gasteiger partial charge on any atom is -0.326 e. The average molecular weight is 271 g/mol. The van der Waals surface area contributed by atoms with Crippen molar-refractivity contribution in [2.24, 2.45) is 0 Å². The molecule has 2 aromatic carbocycles. The van der Waals surface area contributed by atoms with E-state index in [4.69, 9.17) is 0 Å². The number of hydrogen-bond donors (Lipinski definition) is 1. The molecule has 0 bridgehead atoms. The molecule has 0 aliphatic rings. The molecule has 0 saturated carbocycles. The lowest BCUT2D eigenvalue weighted by atomic mass is 10.1. The lowest BCUT2D eigenvalue weighted by molar-refractivity contribution is -0.115. The molecule has 0 unspecified atom stereocenters. The molecule has 0 heterocycles. The van der Waals surface area contributed by atoms with E-state index < -0.39 is 0 Å². The molecule has 2 aromatic rings. The normalized spacial score (nSPS) is 10.1. The van der Waals surface area contributed by atoms with E-state index in [1.165, 1.54) is 19.1 Å². The largest absolute Gasteiger partial charge is 0.326 e. The van der Waals surface area contributed by atoms with Crippen molar-refractivity contribution in [2.45, 2.75) is 13.3 Å². The zero-order chi connectivity index (χ0) is 14.5. The number of rotatable bonds is 4. The van der Waals surface area contributed by atoms with E-state index in [1.54, 1.807) is 36.4 Å². The molecule has 0 aromatic heterocycles. The zero-order valence-corrected chi connectivity index (χ0v) is 11.0. The fourth-order valence-corrected chi connectivity index (χ4v) is 1.81. The lowest BCUT2D eigenvalue weighted by Gasteiger charge is -2.06. The van der Waals surface area contributed by atoms with Crippen LogP contribution in [0.25, 0.3) is 0 Å². The minimum absolute atomic E-state index is 0.0559. The number of hydrogen-bond acceptors (Lipinski definition) is 2. The molecule has 4 heteroatoms. The van der Waals surface area contributed by atoms with Crippen molar-refractivity contribution in [1.82, 2.24) is 0 Å². The average Bonchev–Trinajstić information content (AvgIpc) is 2.41. The molecular weight excluding hydrogens is 257 g/mol. The van der Waals surface area contributed by atoms with Gasteiger partial charge in [-0.3, -0.25) is 9.59 Å². The smallest absolute Gasteiger partial charge is 0.228 e. The molecule has 0 fully saturated rings. The Balaban J connectivity index is 2.02. The van der Waals surface area contributed by atoms with Crippen molar-refractivity contribution >= 4 is 17.4 Å². The fourth-order valence-electron chi connectivity index (χ4n) is 1.81. The molecule has 0 spiro atoms. The van der Waals surface area contributed by atoms with Gasteiger partial charge in [0.15, 0.2) is 5.78 Å². The Bertz CT molecular complexity index is 635. The van der Waals surface area contributed by atoms with Crippen LogP contribution in [-0.4, -0.2) is 11.7 Å². The quantitative estimate of drug-likeness (QED) is 0.868. The number of nitrogens with one attached hydrogen (secondary N) is 1. The van der Waals surface area contributed by atoms with Crippen LogP contribution in [0.3, 0.4) is 0 Å². The van der Waals surface area contributed by atoms with Gasteiger partial charge in [-0.05, 0) is 36.8 Å². The van der Waals surface area contributed by atoms with Gasteiger partial charge in [0, 0.05) is 11.3 Å². The van der Waals surface area contributed by atoms with E-state index in [9.17, 15) is 14.0 Å². The van der Waals surface area contributed by atoms with Crippen molar-refractivity contribution in [3.05, 3.63) is 65.5 Å². The van der Waals surface area contributed by atoms with Gasteiger partial charge in [0.25, 0.3) is 0 Å². The van der Waals surface area contributed by atoms with E-state index in [2.05, 4.69) is 5.32 Å². The molecule has 0 aliphatic carbocycles. The van der Waals surface area contributed by atoms with E-state index >= 15 is 0 Å². The maximum Gasteiger partial charge on any atom is 0.228 e. The summed E-state index contributed by atoms with van der Waals surface area (Å²) in [5, 5.41) is 2.72. The van der Waals surface area contributed by atoms with Crippen LogP contribution in [0.1, 0.15) is 22.8 Å². The third-order valence-corrected chi connectivity index (χ3v) is 2.83. The number of ketones is 1. The Kier molecular flexibility index (Phi) is 4.25.